The third-order valence-corrected chi connectivity index (χ3v) is 0. The summed E-state index contributed by atoms with van der Waals surface area (Å²) in [5.41, 5.74) is 0. The molecule has 0 fully saturated rings. The third kappa shape index (κ3) is 31.8. The molecule has 6 heavy (non-hydrogen) atoms. The molecule has 0 spiro atoms. The van der Waals surface area contributed by atoms with Gasteiger partial charge in [0.15, 0.2) is 0 Å². The topological polar surface area (TPSA) is 0 Å². The first-order valence-corrected chi connectivity index (χ1v) is 0. The monoisotopic (exact) mass is 204 g/mol. The van der Waals surface area contributed by atoms with Crippen LogP contribution in [-0.2, 0) is 0 Å². The van der Waals surface area contributed by atoms with Gasteiger partial charge in [-0.1, -0.05) is 0 Å². The zero-order valence-electron chi connectivity index (χ0n) is 2.93. The van der Waals surface area contributed by atoms with Gasteiger partial charge in [-0.25, -0.2) is 0 Å². The van der Waals surface area contributed by atoms with E-state index in [1.54, 1.807) is 0 Å². The van der Waals surface area contributed by atoms with Crippen LogP contribution < -0.4 is 18.8 Å². The van der Waals surface area contributed by atoms with Crippen molar-refractivity contribution in [1.82, 2.24) is 0 Å². The van der Waals surface area contributed by atoms with Crippen molar-refractivity contribution in [2.24, 2.45) is 0 Å². The zero-order valence-corrected chi connectivity index (χ0v) is 8.61. The van der Waals surface area contributed by atoms with Gasteiger partial charge in [-0.3, -0.25) is 0 Å². The fourth-order valence-electron chi connectivity index (χ4n) is 0. The van der Waals surface area contributed by atoms with Crippen molar-refractivity contribution in [1.29, 1.82) is 0 Å². The summed E-state index contributed by atoms with van der Waals surface area (Å²) in [7, 11) is 0. The van der Waals surface area contributed by atoms with E-state index in [2.05, 4.69) is 0 Å². The quantitative estimate of drug-likeness (QED) is 0.271. The minimum absolute atomic E-state index is 0. The van der Waals surface area contributed by atoms with Crippen LogP contribution in [0, 0.1) is 0 Å². The van der Waals surface area contributed by atoms with Gasteiger partial charge in [0.25, 0.3) is 0 Å². The minimum atomic E-state index is 0. The first kappa shape index (κ1) is 77.8. The average molecular weight is 204 g/mol. The van der Waals surface area contributed by atoms with Crippen molar-refractivity contribution < 1.29 is 18.8 Å². The molecule has 0 aromatic rings. The van der Waals surface area contributed by atoms with Crippen LogP contribution in [0.3, 0.4) is 0 Å². The summed E-state index contributed by atoms with van der Waals surface area (Å²) >= 11 is 0. The summed E-state index contributed by atoms with van der Waals surface area (Å²) in [4.78, 5) is 0. The van der Waals surface area contributed by atoms with E-state index in [0.29, 0.717) is 0 Å². The molecule has 0 bridgehead atoms. The van der Waals surface area contributed by atoms with Gasteiger partial charge in [0, 0.05) is 0 Å². The molecule has 32 valence electrons. The zero-order chi connectivity index (χ0) is 0. The predicted molar refractivity (Wildman–Crippen MR) is 11.5 cm³/mol. The molecule has 6 heteroatoms. The second-order valence-electron chi connectivity index (χ2n) is 0. The van der Waals surface area contributed by atoms with E-state index >= 15 is 0 Å². The van der Waals surface area contributed by atoms with Crippen LogP contribution in [0.5, 0.6) is 0 Å². The number of rotatable bonds is 0. The molecule has 0 heterocycles. The van der Waals surface area contributed by atoms with E-state index < -0.39 is 0 Å². The van der Waals surface area contributed by atoms with Gasteiger partial charge in [0.2, 0.25) is 0 Å². The Morgan fingerprint density at radius 2 is 0.500 bits per heavy atom. The van der Waals surface area contributed by atoms with E-state index in [-0.39, 0.29) is 102 Å². The summed E-state index contributed by atoms with van der Waals surface area (Å²) in [5.74, 6) is 0. The molecule has 0 aliphatic rings. The van der Waals surface area contributed by atoms with Crippen LogP contribution in [0.25, 0.3) is 0 Å². The predicted octanol–water partition coefficient (Wildman–Crippen LogP) is -12.7. The second-order valence-corrected chi connectivity index (χ2v) is 0. The molecule has 0 unspecified atom stereocenters. The fraction of sp³-hybridized carbons (Fsp3) is 0. The molecule has 0 saturated heterocycles. The summed E-state index contributed by atoms with van der Waals surface area (Å²) in [6, 6.07) is 0. The van der Waals surface area contributed by atoms with Gasteiger partial charge in [-0.2, -0.15) is 0 Å². The van der Waals surface area contributed by atoms with E-state index in [4.69, 9.17) is 0 Å². The van der Waals surface area contributed by atoms with Gasteiger partial charge in [0.1, 0.15) is 0 Å². The van der Waals surface area contributed by atoms with E-state index in [0.717, 1.165) is 0 Å². The van der Waals surface area contributed by atoms with E-state index in [9.17, 15) is 0 Å². The van der Waals surface area contributed by atoms with Crippen molar-refractivity contribution in [3.05, 3.63) is 0 Å². The van der Waals surface area contributed by atoms with Gasteiger partial charge >= 0.3 is 83.2 Å². The Morgan fingerprint density at radius 3 is 0.500 bits per heavy atom. The Kier molecular flexibility index (Phi) is 667. The standard InChI is InChI=1S/Ca.4FH.Sr/h;4*1H;/q+2;;;;;+2/p-4. The van der Waals surface area contributed by atoms with Crippen molar-refractivity contribution in [2.45, 2.75) is 0 Å². The Balaban J connectivity index is 0. The van der Waals surface area contributed by atoms with Crippen LogP contribution in [0.2, 0.25) is 0 Å². The molecule has 0 aliphatic carbocycles. The molecule has 0 radical (unpaired) electrons. The first-order chi connectivity index (χ1) is 0. The van der Waals surface area contributed by atoms with Crippen molar-refractivity contribution in [2.75, 3.05) is 0 Å². The Morgan fingerprint density at radius 1 is 0.500 bits per heavy atom. The molecule has 0 aromatic carbocycles. The molecule has 0 N–H and O–H groups in total. The molecule has 0 aliphatic heterocycles. The van der Waals surface area contributed by atoms with Gasteiger partial charge < -0.3 is 18.8 Å². The molecule has 0 nitrogen and oxygen atoms in total. The maximum atomic E-state index is 0. The Labute approximate surface area is 99.8 Å². The number of halogens is 4. The van der Waals surface area contributed by atoms with Crippen LogP contribution in [0.4, 0.5) is 0 Å². The second kappa shape index (κ2) is 51.4. The molecule has 0 atom stereocenters. The third-order valence-electron chi connectivity index (χ3n) is 0. The average Bonchev–Trinajstić information content (AvgIpc) is 0. The Bertz CT molecular complexity index is 7.51. The number of hydrogen-bond donors (Lipinski definition) is 0. The Hall–Kier alpha value is 2.46. The maximum absolute atomic E-state index is 0. The SMILES string of the molecule is [Ca+2].[F-].[F-].[F-].[F-].[Sr+2]. The smallest absolute Gasteiger partial charge is 1.00 e. The summed E-state index contributed by atoms with van der Waals surface area (Å²) in [5, 5.41) is 0. The normalized spacial score (nSPS) is 0. The first-order valence-electron chi connectivity index (χ1n) is 0. The fourth-order valence-corrected chi connectivity index (χ4v) is 0. The van der Waals surface area contributed by atoms with E-state index in [1.807, 2.05) is 0 Å². The van der Waals surface area contributed by atoms with Gasteiger partial charge in [-0.15, -0.1) is 0 Å². The summed E-state index contributed by atoms with van der Waals surface area (Å²) < 4.78 is 0. The maximum Gasteiger partial charge on any atom is 2.00 e. The molecular weight excluding hydrogens is 204 g/mol. The van der Waals surface area contributed by atoms with Crippen molar-refractivity contribution in [3.63, 3.8) is 0 Å². The number of hydrogen-bond acceptors (Lipinski definition) is 0. The van der Waals surface area contributed by atoms with Crippen molar-refractivity contribution >= 4 is 83.2 Å². The molecule has 0 aromatic heterocycles. The molecular formula is CaF4Sr. The van der Waals surface area contributed by atoms with E-state index in [1.165, 1.54) is 0 Å². The summed E-state index contributed by atoms with van der Waals surface area (Å²) in [6.45, 7) is 0. The van der Waals surface area contributed by atoms with Crippen LogP contribution in [0.15, 0.2) is 0 Å². The minimum Gasteiger partial charge on any atom is -1.00 e. The largest absolute Gasteiger partial charge is 2.00 e. The summed E-state index contributed by atoms with van der Waals surface area (Å²) in [6.07, 6.45) is 0. The molecule has 0 amide bonds. The van der Waals surface area contributed by atoms with Crippen LogP contribution >= 0.6 is 0 Å². The van der Waals surface area contributed by atoms with Gasteiger partial charge in [-0.05, 0) is 0 Å². The van der Waals surface area contributed by atoms with Crippen molar-refractivity contribution in [3.8, 4) is 0 Å². The molecule has 0 rings (SSSR count). The van der Waals surface area contributed by atoms with Crippen LogP contribution in [0.1, 0.15) is 0 Å². The van der Waals surface area contributed by atoms with Crippen LogP contribution in [-0.4, -0.2) is 83.2 Å². The van der Waals surface area contributed by atoms with Gasteiger partial charge in [0.05, 0.1) is 0 Å². The molecule has 0 saturated carbocycles.